The van der Waals surface area contributed by atoms with Crippen LogP contribution < -0.4 is 10.6 Å². The predicted octanol–water partition coefficient (Wildman–Crippen LogP) is 3.74. The maximum absolute atomic E-state index is 14.5. The first-order chi connectivity index (χ1) is 13.2. The molecule has 0 radical (unpaired) electrons. The average Bonchev–Trinajstić information content (AvgIpc) is 3.01. The molecule has 0 aliphatic carbocycles. The minimum atomic E-state index is -4.58. The molecule has 0 saturated carbocycles. The normalized spacial score (nSPS) is 21.0. The minimum Gasteiger partial charge on any atom is -0.372 e. The van der Waals surface area contributed by atoms with Crippen molar-refractivity contribution >= 4 is 29.1 Å². The molecule has 2 unspecified atom stereocenters. The van der Waals surface area contributed by atoms with Gasteiger partial charge in [0.25, 0.3) is 0 Å². The molecule has 2 N–H and O–H groups in total. The van der Waals surface area contributed by atoms with E-state index >= 15 is 0 Å². The SMILES string of the molecule is CCN1CCC(n2ncc(Nc3ncc(C(F)(F)F)c(NC)n3)c2Cl)C(F)C1. The largest absolute Gasteiger partial charge is 0.421 e. The Morgan fingerprint density at radius 1 is 1.32 bits per heavy atom. The number of rotatable bonds is 5. The molecular weight excluding hydrogens is 402 g/mol. The van der Waals surface area contributed by atoms with E-state index in [9.17, 15) is 17.6 Å². The van der Waals surface area contributed by atoms with Crippen molar-refractivity contribution < 1.29 is 17.6 Å². The molecular formula is C16H20ClF4N7. The molecule has 2 aromatic rings. The van der Waals surface area contributed by atoms with Gasteiger partial charge in [-0.2, -0.15) is 23.3 Å². The van der Waals surface area contributed by atoms with E-state index in [0.29, 0.717) is 19.2 Å². The van der Waals surface area contributed by atoms with Crippen LogP contribution in [-0.2, 0) is 6.18 Å². The summed E-state index contributed by atoms with van der Waals surface area (Å²) in [6.07, 6.45) is -3.10. The van der Waals surface area contributed by atoms with Gasteiger partial charge >= 0.3 is 6.18 Å². The molecule has 1 saturated heterocycles. The van der Waals surface area contributed by atoms with Crippen molar-refractivity contribution in [1.29, 1.82) is 0 Å². The molecule has 0 bridgehead atoms. The van der Waals surface area contributed by atoms with E-state index in [1.54, 1.807) is 0 Å². The molecule has 3 rings (SSSR count). The van der Waals surface area contributed by atoms with Crippen molar-refractivity contribution in [2.75, 3.05) is 37.3 Å². The van der Waals surface area contributed by atoms with Gasteiger partial charge in [-0.1, -0.05) is 18.5 Å². The molecule has 3 heterocycles. The highest BCUT2D eigenvalue weighted by Gasteiger charge is 2.35. The zero-order valence-corrected chi connectivity index (χ0v) is 16.0. The van der Waals surface area contributed by atoms with E-state index in [-0.39, 0.29) is 22.6 Å². The molecule has 2 aromatic heterocycles. The van der Waals surface area contributed by atoms with Gasteiger partial charge in [0.2, 0.25) is 5.95 Å². The van der Waals surface area contributed by atoms with Crippen molar-refractivity contribution in [2.24, 2.45) is 0 Å². The molecule has 7 nitrogen and oxygen atoms in total. The van der Waals surface area contributed by atoms with Crippen LogP contribution in [0.4, 0.5) is 35.0 Å². The predicted molar refractivity (Wildman–Crippen MR) is 97.8 cm³/mol. The number of nitrogens with zero attached hydrogens (tertiary/aromatic N) is 5. The smallest absolute Gasteiger partial charge is 0.372 e. The van der Waals surface area contributed by atoms with Crippen molar-refractivity contribution in [3.05, 3.63) is 23.1 Å². The number of alkyl halides is 4. The van der Waals surface area contributed by atoms with Crippen LogP contribution in [0.25, 0.3) is 0 Å². The summed E-state index contributed by atoms with van der Waals surface area (Å²) in [5, 5.41) is 9.43. The second-order valence-electron chi connectivity index (χ2n) is 6.39. The Labute approximate surface area is 164 Å². The number of hydrogen-bond donors (Lipinski definition) is 2. The molecule has 2 atom stereocenters. The van der Waals surface area contributed by atoms with Crippen molar-refractivity contribution in [1.82, 2.24) is 24.6 Å². The van der Waals surface area contributed by atoms with E-state index in [0.717, 1.165) is 13.1 Å². The van der Waals surface area contributed by atoms with Crippen LogP contribution in [0.1, 0.15) is 24.9 Å². The topological polar surface area (TPSA) is 70.9 Å². The fraction of sp³-hybridized carbons (Fsp3) is 0.562. The number of likely N-dealkylation sites (tertiary alicyclic amines) is 1. The zero-order chi connectivity index (χ0) is 20.5. The molecule has 0 aromatic carbocycles. The number of piperidine rings is 1. The van der Waals surface area contributed by atoms with E-state index < -0.39 is 24.0 Å². The van der Waals surface area contributed by atoms with Crippen LogP contribution in [0.3, 0.4) is 0 Å². The van der Waals surface area contributed by atoms with Gasteiger partial charge < -0.3 is 15.5 Å². The van der Waals surface area contributed by atoms with Crippen LogP contribution in [-0.4, -0.2) is 57.5 Å². The minimum absolute atomic E-state index is 0.0867. The lowest BCUT2D eigenvalue weighted by Gasteiger charge is -2.34. The van der Waals surface area contributed by atoms with Gasteiger partial charge in [0.1, 0.15) is 17.6 Å². The first-order valence-electron chi connectivity index (χ1n) is 8.73. The molecule has 12 heteroatoms. The monoisotopic (exact) mass is 421 g/mol. The number of anilines is 3. The number of nitrogens with one attached hydrogen (secondary N) is 2. The summed E-state index contributed by atoms with van der Waals surface area (Å²) in [7, 11) is 1.33. The van der Waals surface area contributed by atoms with Gasteiger partial charge in [-0.3, -0.25) is 0 Å². The highest BCUT2D eigenvalue weighted by atomic mass is 35.5. The summed E-state index contributed by atoms with van der Waals surface area (Å²) in [5.41, 5.74) is -0.695. The standard InChI is InChI=1S/C16H20ClF4N7/c1-3-27-5-4-12(10(18)8-27)28-13(17)11(7-24-28)25-15-23-6-9(16(19,20)21)14(22-2)26-15/h6-7,10,12H,3-5,8H2,1-2H3,(H2,22,23,25,26). The maximum Gasteiger partial charge on any atom is 0.421 e. The first-order valence-corrected chi connectivity index (χ1v) is 9.10. The summed E-state index contributed by atoms with van der Waals surface area (Å²) in [6, 6.07) is -0.507. The molecule has 154 valence electrons. The second-order valence-corrected chi connectivity index (χ2v) is 6.75. The first kappa shape index (κ1) is 20.6. The fourth-order valence-corrected chi connectivity index (χ4v) is 3.41. The van der Waals surface area contributed by atoms with Gasteiger partial charge in [0.15, 0.2) is 5.15 Å². The Kier molecular flexibility index (Phi) is 5.94. The number of aromatic nitrogens is 4. The van der Waals surface area contributed by atoms with Crippen LogP contribution in [0.15, 0.2) is 12.4 Å². The highest BCUT2D eigenvalue weighted by Crippen LogP contribution is 2.35. The van der Waals surface area contributed by atoms with Crippen molar-refractivity contribution in [3.8, 4) is 0 Å². The summed E-state index contributed by atoms with van der Waals surface area (Å²) >= 11 is 6.33. The molecule has 0 amide bonds. The van der Waals surface area contributed by atoms with Gasteiger partial charge in [-0.15, -0.1) is 0 Å². The Balaban J connectivity index is 1.80. The third-order valence-electron chi connectivity index (χ3n) is 4.66. The van der Waals surface area contributed by atoms with Gasteiger partial charge in [0.05, 0.1) is 17.9 Å². The molecule has 1 aliphatic heterocycles. The van der Waals surface area contributed by atoms with E-state index in [1.807, 2.05) is 11.8 Å². The maximum atomic E-state index is 14.5. The number of hydrogen-bond acceptors (Lipinski definition) is 6. The van der Waals surface area contributed by atoms with Crippen LogP contribution >= 0.6 is 11.6 Å². The molecule has 28 heavy (non-hydrogen) atoms. The average molecular weight is 422 g/mol. The van der Waals surface area contributed by atoms with E-state index in [4.69, 9.17) is 11.6 Å². The van der Waals surface area contributed by atoms with Gasteiger partial charge in [-0.25, -0.2) is 14.1 Å². The second kappa shape index (κ2) is 8.08. The van der Waals surface area contributed by atoms with Crippen LogP contribution in [0.2, 0.25) is 5.15 Å². The number of halogens is 5. The van der Waals surface area contributed by atoms with Crippen molar-refractivity contribution in [2.45, 2.75) is 31.7 Å². The molecule has 1 aliphatic rings. The third kappa shape index (κ3) is 4.14. The van der Waals surface area contributed by atoms with Crippen LogP contribution in [0, 0.1) is 0 Å². The molecule has 0 spiro atoms. The third-order valence-corrected chi connectivity index (χ3v) is 5.04. The Morgan fingerprint density at radius 2 is 2.07 bits per heavy atom. The van der Waals surface area contributed by atoms with Crippen LogP contribution in [0.5, 0.6) is 0 Å². The lowest BCUT2D eigenvalue weighted by atomic mass is 10.0. The summed E-state index contributed by atoms with van der Waals surface area (Å²) in [5.74, 6) is -0.458. The quantitative estimate of drug-likeness (QED) is 0.717. The lowest BCUT2D eigenvalue weighted by molar-refractivity contribution is -0.137. The van der Waals surface area contributed by atoms with Gasteiger partial charge in [0, 0.05) is 26.3 Å². The van der Waals surface area contributed by atoms with Gasteiger partial charge in [-0.05, 0) is 13.0 Å². The van der Waals surface area contributed by atoms with E-state index in [2.05, 4.69) is 25.7 Å². The summed E-state index contributed by atoms with van der Waals surface area (Å²) < 4.78 is 54.7. The Hall–Kier alpha value is -2.14. The highest BCUT2D eigenvalue weighted by molar-refractivity contribution is 6.32. The zero-order valence-electron chi connectivity index (χ0n) is 15.3. The van der Waals surface area contributed by atoms with Crippen molar-refractivity contribution in [3.63, 3.8) is 0 Å². The fourth-order valence-electron chi connectivity index (χ4n) is 3.14. The molecule has 1 fully saturated rings. The summed E-state index contributed by atoms with van der Waals surface area (Å²) in [6.45, 7) is 3.77. The van der Waals surface area contributed by atoms with E-state index in [1.165, 1.54) is 17.9 Å². The Bertz CT molecular complexity index is 826. The summed E-state index contributed by atoms with van der Waals surface area (Å²) in [4.78, 5) is 9.52. The lowest BCUT2D eigenvalue weighted by Crippen LogP contribution is -2.42. The Morgan fingerprint density at radius 3 is 2.68 bits per heavy atom.